The molecule has 0 fully saturated rings. The normalized spacial score (nSPS) is 12.9. The Kier molecular flexibility index (Phi) is 12.1. The maximum Gasteiger partial charge on any atom is 0.325 e. The van der Waals surface area contributed by atoms with Gasteiger partial charge in [-0.25, -0.2) is 0 Å². The maximum absolute atomic E-state index is 11.5. The maximum atomic E-state index is 11.5. The number of unbranched alkanes of at least 4 members (excludes halogenated alkanes) is 7. The molecule has 6 nitrogen and oxygen atoms in total. The van der Waals surface area contributed by atoms with Gasteiger partial charge in [0.05, 0.1) is 0 Å². The number of rotatable bonds is 17. The average molecular weight is 441 g/mol. The molecule has 2 unspecified atom stereocenters. The van der Waals surface area contributed by atoms with Crippen molar-refractivity contribution >= 4 is 11.9 Å². The van der Waals surface area contributed by atoms with Crippen molar-refractivity contribution in [2.45, 2.75) is 63.5 Å². The standard InChI is InChI=1S/C26H36N2O4/c29-25(30)23(21-15-9-7-10-16-21)27-19-13-5-3-1-2-4-6-14-20-28-24(26(31)32)22-17-11-8-12-18-22/h7-12,15-18,23-24,27-28H,1-6,13-14,19-20H2,(H,29,30)(H,31,32). The quantitative estimate of drug-likeness (QED) is 0.260. The molecule has 0 bridgehead atoms. The first kappa shape index (κ1) is 25.6. The molecular weight excluding hydrogens is 404 g/mol. The molecule has 4 N–H and O–H groups in total. The van der Waals surface area contributed by atoms with Crippen molar-refractivity contribution in [3.05, 3.63) is 71.8 Å². The van der Waals surface area contributed by atoms with Gasteiger partial charge in [0.15, 0.2) is 0 Å². The molecule has 0 heterocycles. The molecule has 0 aliphatic rings. The van der Waals surface area contributed by atoms with Gasteiger partial charge in [-0.1, -0.05) is 99.2 Å². The minimum absolute atomic E-state index is 0.646. The number of carboxylic acid groups (broad SMARTS) is 2. The van der Waals surface area contributed by atoms with E-state index in [0.717, 1.165) is 49.7 Å². The Balaban J connectivity index is 1.47. The average Bonchev–Trinajstić information content (AvgIpc) is 2.80. The van der Waals surface area contributed by atoms with Crippen LogP contribution in [0.1, 0.15) is 74.6 Å². The van der Waals surface area contributed by atoms with Crippen LogP contribution in [-0.2, 0) is 9.59 Å². The van der Waals surface area contributed by atoms with Crippen molar-refractivity contribution in [1.29, 1.82) is 0 Å². The molecule has 174 valence electrons. The van der Waals surface area contributed by atoms with Gasteiger partial charge >= 0.3 is 11.9 Å². The minimum Gasteiger partial charge on any atom is -0.480 e. The van der Waals surface area contributed by atoms with Crippen LogP contribution in [0.4, 0.5) is 0 Å². The summed E-state index contributed by atoms with van der Waals surface area (Å²) in [7, 11) is 0. The second-order valence-corrected chi connectivity index (χ2v) is 8.10. The molecule has 2 aromatic carbocycles. The Morgan fingerprint density at radius 1 is 0.562 bits per heavy atom. The highest BCUT2D eigenvalue weighted by atomic mass is 16.4. The van der Waals surface area contributed by atoms with Gasteiger partial charge in [0.2, 0.25) is 0 Å². The van der Waals surface area contributed by atoms with Crippen molar-refractivity contribution in [2.75, 3.05) is 13.1 Å². The number of hydrogen-bond donors (Lipinski definition) is 4. The number of carbonyl (C=O) groups is 2. The summed E-state index contributed by atoms with van der Waals surface area (Å²) in [5.74, 6) is -1.69. The largest absolute Gasteiger partial charge is 0.480 e. The summed E-state index contributed by atoms with van der Waals surface area (Å²) in [5, 5.41) is 25.1. The van der Waals surface area contributed by atoms with Crippen molar-refractivity contribution < 1.29 is 19.8 Å². The highest BCUT2D eigenvalue weighted by Crippen LogP contribution is 2.15. The van der Waals surface area contributed by atoms with Crippen LogP contribution >= 0.6 is 0 Å². The van der Waals surface area contributed by atoms with Crippen LogP contribution < -0.4 is 10.6 Å². The molecule has 0 amide bonds. The van der Waals surface area contributed by atoms with Crippen molar-refractivity contribution in [3.63, 3.8) is 0 Å². The van der Waals surface area contributed by atoms with Crippen LogP contribution in [0.5, 0.6) is 0 Å². The number of benzene rings is 2. The lowest BCUT2D eigenvalue weighted by molar-refractivity contribution is -0.140. The predicted molar refractivity (Wildman–Crippen MR) is 127 cm³/mol. The molecule has 0 spiro atoms. The van der Waals surface area contributed by atoms with Gasteiger partial charge in [0.1, 0.15) is 12.1 Å². The molecule has 2 atom stereocenters. The molecule has 2 rings (SSSR count). The summed E-state index contributed by atoms with van der Waals surface area (Å²) in [5.41, 5.74) is 1.57. The third-order valence-electron chi connectivity index (χ3n) is 5.56. The number of aliphatic carboxylic acids is 2. The number of carboxylic acids is 2. The third-order valence-corrected chi connectivity index (χ3v) is 5.56. The molecule has 6 heteroatoms. The van der Waals surface area contributed by atoms with E-state index in [1.807, 2.05) is 60.7 Å². The van der Waals surface area contributed by atoms with Gasteiger partial charge in [0, 0.05) is 0 Å². The molecule has 0 radical (unpaired) electrons. The second kappa shape index (κ2) is 15.2. The highest BCUT2D eigenvalue weighted by molar-refractivity contribution is 5.76. The van der Waals surface area contributed by atoms with Crippen LogP contribution in [0.15, 0.2) is 60.7 Å². The lowest BCUT2D eigenvalue weighted by Crippen LogP contribution is -2.29. The summed E-state index contributed by atoms with van der Waals surface area (Å²) in [4.78, 5) is 22.9. The monoisotopic (exact) mass is 440 g/mol. The Morgan fingerprint density at radius 3 is 1.19 bits per heavy atom. The van der Waals surface area contributed by atoms with Gasteiger partial charge in [-0.2, -0.15) is 0 Å². The predicted octanol–water partition coefficient (Wildman–Crippen LogP) is 4.94. The first-order chi connectivity index (χ1) is 15.6. The first-order valence-corrected chi connectivity index (χ1v) is 11.6. The van der Waals surface area contributed by atoms with Crippen molar-refractivity contribution in [3.8, 4) is 0 Å². The van der Waals surface area contributed by atoms with E-state index in [9.17, 15) is 19.8 Å². The topological polar surface area (TPSA) is 98.7 Å². The van der Waals surface area contributed by atoms with Crippen molar-refractivity contribution in [1.82, 2.24) is 10.6 Å². The molecule has 0 aliphatic carbocycles. The second-order valence-electron chi connectivity index (χ2n) is 8.10. The van der Waals surface area contributed by atoms with Crippen molar-refractivity contribution in [2.24, 2.45) is 0 Å². The molecule has 0 saturated carbocycles. The fourth-order valence-corrected chi connectivity index (χ4v) is 3.79. The van der Waals surface area contributed by atoms with Crippen LogP contribution in [0, 0.1) is 0 Å². The molecule has 32 heavy (non-hydrogen) atoms. The highest BCUT2D eigenvalue weighted by Gasteiger charge is 2.18. The summed E-state index contributed by atoms with van der Waals surface area (Å²) >= 11 is 0. The van der Waals surface area contributed by atoms with Gasteiger partial charge in [0.25, 0.3) is 0 Å². The molecule has 0 saturated heterocycles. The number of nitrogens with one attached hydrogen (secondary N) is 2. The Hall–Kier alpha value is -2.70. The zero-order chi connectivity index (χ0) is 23.0. The summed E-state index contributed by atoms with van der Waals surface area (Å²) in [6.07, 6.45) is 8.77. The molecule has 2 aromatic rings. The van der Waals surface area contributed by atoms with Crippen LogP contribution in [0.25, 0.3) is 0 Å². The summed E-state index contributed by atoms with van der Waals surface area (Å²) < 4.78 is 0. The summed E-state index contributed by atoms with van der Waals surface area (Å²) in [6, 6.07) is 17.3. The zero-order valence-corrected chi connectivity index (χ0v) is 18.7. The Bertz CT molecular complexity index is 715. The van der Waals surface area contributed by atoms with Gasteiger partial charge < -0.3 is 20.8 Å². The smallest absolute Gasteiger partial charge is 0.325 e. The van der Waals surface area contributed by atoms with E-state index in [1.54, 1.807) is 0 Å². The minimum atomic E-state index is -0.843. The fourth-order valence-electron chi connectivity index (χ4n) is 3.79. The van der Waals surface area contributed by atoms with Crippen LogP contribution in [0.2, 0.25) is 0 Å². The van der Waals surface area contributed by atoms with Crippen LogP contribution in [0.3, 0.4) is 0 Å². The zero-order valence-electron chi connectivity index (χ0n) is 18.7. The van der Waals surface area contributed by atoms with E-state index < -0.39 is 24.0 Å². The lowest BCUT2D eigenvalue weighted by atomic mass is 10.1. The molecule has 0 aliphatic heterocycles. The van der Waals surface area contributed by atoms with Crippen LogP contribution in [-0.4, -0.2) is 35.2 Å². The third kappa shape index (κ3) is 9.62. The molecular formula is C26H36N2O4. The number of hydrogen-bond acceptors (Lipinski definition) is 4. The van der Waals surface area contributed by atoms with E-state index in [4.69, 9.17) is 0 Å². The van der Waals surface area contributed by atoms with Gasteiger partial charge in [-0.05, 0) is 37.1 Å². The van der Waals surface area contributed by atoms with E-state index in [-0.39, 0.29) is 0 Å². The first-order valence-electron chi connectivity index (χ1n) is 11.6. The van der Waals surface area contributed by atoms with Gasteiger partial charge in [-0.15, -0.1) is 0 Å². The lowest BCUT2D eigenvalue weighted by Gasteiger charge is -2.15. The summed E-state index contributed by atoms with van der Waals surface area (Å²) in [6.45, 7) is 1.40. The van der Waals surface area contributed by atoms with Gasteiger partial charge in [-0.3, -0.25) is 9.59 Å². The Labute approximate surface area is 191 Å². The van der Waals surface area contributed by atoms with E-state index >= 15 is 0 Å². The molecule has 0 aromatic heterocycles. The van der Waals surface area contributed by atoms with E-state index in [2.05, 4.69) is 10.6 Å². The SMILES string of the molecule is O=C(O)C(NCCCCCCCCCCNC(C(=O)O)c1ccccc1)c1ccccc1. The van der Waals surface area contributed by atoms with E-state index in [1.165, 1.54) is 12.8 Å². The van der Waals surface area contributed by atoms with E-state index in [0.29, 0.717) is 13.1 Å². The fraction of sp³-hybridized carbons (Fsp3) is 0.462. The Morgan fingerprint density at radius 2 is 0.875 bits per heavy atom.